The van der Waals surface area contributed by atoms with Crippen LogP contribution in [0.4, 0.5) is 0 Å². The molecule has 1 rings (SSSR count). The van der Waals surface area contributed by atoms with Gasteiger partial charge in [-0.15, -0.1) is 0 Å². The van der Waals surface area contributed by atoms with Crippen LogP contribution in [0.1, 0.15) is 11.5 Å². The Hall–Kier alpha value is -1.08. The van der Waals surface area contributed by atoms with E-state index in [1.807, 2.05) is 6.07 Å². The number of rotatable bonds is 1. The Balaban J connectivity index is 3.01. The van der Waals surface area contributed by atoms with Gasteiger partial charge in [0.2, 0.25) is 0 Å². The third-order valence-corrected chi connectivity index (χ3v) is 1.24. The van der Waals surface area contributed by atoms with E-state index >= 15 is 0 Å². The molecular weight excluding hydrogens is 146 g/mol. The van der Waals surface area contributed by atoms with Crippen molar-refractivity contribution < 1.29 is 0 Å². The van der Waals surface area contributed by atoms with Crippen LogP contribution in [0.5, 0.6) is 0 Å². The van der Waals surface area contributed by atoms with Gasteiger partial charge in [-0.3, -0.25) is 0 Å². The predicted octanol–water partition coefficient (Wildman–Crippen LogP) is 0.778. The standard InChI is InChI=1S/C6H5N3S/c7-3-5-1-2-8-6(4-10)9-5/h1-2,10H,4H2. The summed E-state index contributed by atoms with van der Waals surface area (Å²) >= 11 is 3.96. The lowest BCUT2D eigenvalue weighted by atomic mass is 10.4. The summed E-state index contributed by atoms with van der Waals surface area (Å²) in [7, 11) is 0. The van der Waals surface area contributed by atoms with Crippen molar-refractivity contribution in [1.82, 2.24) is 9.97 Å². The Bertz CT molecular complexity index is 266. The van der Waals surface area contributed by atoms with E-state index in [4.69, 9.17) is 5.26 Å². The minimum atomic E-state index is 0.388. The summed E-state index contributed by atoms with van der Waals surface area (Å²) in [5.74, 6) is 1.05. The van der Waals surface area contributed by atoms with Crippen LogP contribution < -0.4 is 0 Å². The van der Waals surface area contributed by atoms with E-state index in [0.29, 0.717) is 17.3 Å². The SMILES string of the molecule is N#Cc1ccnc(CS)n1. The van der Waals surface area contributed by atoms with E-state index in [9.17, 15) is 0 Å². The quantitative estimate of drug-likeness (QED) is 0.603. The van der Waals surface area contributed by atoms with E-state index < -0.39 is 0 Å². The van der Waals surface area contributed by atoms with E-state index in [2.05, 4.69) is 22.6 Å². The van der Waals surface area contributed by atoms with E-state index in [-0.39, 0.29) is 0 Å². The number of hydrogen-bond donors (Lipinski definition) is 1. The first-order chi connectivity index (χ1) is 4.86. The van der Waals surface area contributed by atoms with Crippen molar-refractivity contribution in [3.8, 4) is 6.07 Å². The molecule has 0 atom stereocenters. The molecule has 0 amide bonds. The highest BCUT2D eigenvalue weighted by molar-refractivity contribution is 7.79. The van der Waals surface area contributed by atoms with Gasteiger partial charge in [-0.05, 0) is 6.07 Å². The highest BCUT2D eigenvalue weighted by Crippen LogP contribution is 1.95. The van der Waals surface area contributed by atoms with Crippen molar-refractivity contribution in [2.75, 3.05) is 0 Å². The molecule has 0 bridgehead atoms. The van der Waals surface area contributed by atoms with Crippen molar-refractivity contribution in [2.45, 2.75) is 5.75 Å². The molecular formula is C6H5N3S. The highest BCUT2D eigenvalue weighted by Gasteiger charge is 1.93. The van der Waals surface area contributed by atoms with E-state index in [1.54, 1.807) is 12.3 Å². The molecule has 0 saturated carbocycles. The largest absolute Gasteiger partial charge is 0.240 e. The molecule has 4 heteroatoms. The molecule has 0 unspecified atom stereocenters. The molecule has 1 aromatic heterocycles. The second kappa shape index (κ2) is 3.18. The molecule has 0 N–H and O–H groups in total. The van der Waals surface area contributed by atoms with Crippen LogP contribution in [0, 0.1) is 11.3 Å². The lowest BCUT2D eigenvalue weighted by Crippen LogP contribution is -1.92. The predicted molar refractivity (Wildman–Crippen MR) is 39.4 cm³/mol. The summed E-state index contributed by atoms with van der Waals surface area (Å²) < 4.78 is 0. The first-order valence-electron chi connectivity index (χ1n) is 2.69. The molecule has 10 heavy (non-hydrogen) atoms. The maximum absolute atomic E-state index is 8.39. The van der Waals surface area contributed by atoms with Gasteiger partial charge in [-0.2, -0.15) is 17.9 Å². The van der Waals surface area contributed by atoms with Crippen LogP contribution >= 0.6 is 12.6 Å². The third kappa shape index (κ3) is 1.45. The number of nitrogens with zero attached hydrogens (tertiary/aromatic N) is 3. The minimum Gasteiger partial charge on any atom is -0.240 e. The molecule has 0 spiro atoms. The number of aromatic nitrogens is 2. The molecule has 0 aliphatic heterocycles. The zero-order chi connectivity index (χ0) is 7.40. The highest BCUT2D eigenvalue weighted by atomic mass is 32.1. The Labute approximate surface area is 64.1 Å². The Kier molecular flexibility index (Phi) is 2.24. The van der Waals surface area contributed by atoms with Gasteiger partial charge < -0.3 is 0 Å². The van der Waals surface area contributed by atoms with Gasteiger partial charge >= 0.3 is 0 Å². The lowest BCUT2D eigenvalue weighted by Gasteiger charge is -1.91. The van der Waals surface area contributed by atoms with Gasteiger partial charge in [-0.25, -0.2) is 9.97 Å². The summed E-state index contributed by atoms with van der Waals surface area (Å²) in [5.41, 5.74) is 0.388. The Morgan fingerprint density at radius 3 is 3.10 bits per heavy atom. The zero-order valence-electron chi connectivity index (χ0n) is 5.15. The van der Waals surface area contributed by atoms with Crippen molar-refractivity contribution in [3.63, 3.8) is 0 Å². The van der Waals surface area contributed by atoms with E-state index in [0.717, 1.165) is 0 Å². The van der Waals surface area contributed by atoms with Crippen LogP contribution in [0.3, 0.4) is 0 Å². The Morgan fingerprint density at radius 2 is 2.50 bits per heavy atom. The molecule has 1 aromatic rings. The summed E-state index contributed by atoms with van der Waals surface area (Å²) in [6.45, 7) is 0. The fraction of sp³-hybridized carbons (Fsp3) is 0.167. The first kappa shape index (κ1) is 7.03. The van der Waals surface area contributed by atoms with Crippen molar-refractivity contribution in [2.24, 2.45) is 0 Å². The summed E-state index contributed by atoms with van der Waals surface area (Å²) in [5, 5.41) is 8.39. The summed E-state index contributed by atoms with van der Waals surface area (Å²) in [4.78, 5) is 7.73. The van der Waals surface area contributed by atoms with Crippen LogP contribution in [-0.4, -0.2) is 9.97 Å². The maximum atomic E-state index is 8.39. The molecule has 0 aromatic carbocycles. The van der Waals surface area contributed by atoms with Gasteiger partial charge in [0.1, 0.15) is 17.6 Å². The molecule has 0 aliphatic rings. The van der Waals surface area contributed by atoms with Gasteiger partial charge in [0.25, 0.3) is 0 Å². The number of nitriles is 1. The van der Waals surface area contributed by atoms with Crippen molar-refractivity contribution in [3.05, 3.63) is 23.8 Å². The molecule has 0 radical (unpaired) electrons. The van der Waals surface area contributed by atoms with Gasteiger partial charge in [-0.1, -0.05) is 0 Å². The second-order valence-electron chi connectivity index (χ2n) is 1.63. The van der Waals surface area contributed by atoms with Gasteiger partial charge in [0.15, 0.2) is 0 Å². The molecule has 50 valence electrons. The Morgan fingerprint density at radius 1 is 1.70 bits per heavy atom. The molecule has 0 aliphatic carbocycles. The van der Waals surface area contributed by atoms with Crippen LogP contribution in [0.15, 0.2) is 12.3 Å². The monoisotopic (exact) mass is 151 g/mol. The lowest BCUT2D eigenvalue weighted by molar-refractivity contribution is 1.02. The first-order valence-corrected chi connectivity index (χ1v) is 3.33. The van der Waals surface area contributed by atoms with Crippen LogP contribution in [0.25, 0.3) is 0 Å². The fourth-order valence-electron chi connectivity index (χ4n) is 0.538. The summed E-state index contributed by atoms with van der Waals surface area (Å²) in [6.07, 6.45) is 1.55. The average molecular weight is 151 g/mol. The van der Waals surface area contributed by atoms with E-state index in [1.165, 1.54) is 0 Å². The second-order valence-corrected chi connectivity index (χ2v) is 1.94. The molecule has 0 saturated heterocycles. The van der Waals surface area contributed by atoms with Gasteiger partial charge in [0, 0.05) is 6.20 Å². The third-order valence-electron chi connectivity index (χ3n) is 0.961. The molecule has 3 nitrogen and oxygen atoms in total. The van der Waals surface area contributed by atoms with Gasteiger partial charge in [0.05, 0.1) is 5.75 Å². The smallest absolute Gasteiger partial charge is 0.144 e. The minimum absolute atomic E-state index is 0.388. The fourth-order valence-corrected chi connectivity index (χ4v) is 0.690. The molecule has 0 fully saturated rings. The number of thiol groups is 1. The number of hydrogen-bond acceptors (Lipinski definition) is 4. The maximum Gasteiger partial charge on any atom is 0.144 e. The summed E-state index contributed by atoms with van der Waals surface area (Å²) in [6, 6.07) is 3.48. The van der Waals surface area contributed by atoms with Crippen molar-refractivity contribution >= 4 is 12.6 Å². The van der Waals surface area contributed by atoms with Crippen LogP contribution in [0.2, 0.25) is 0 Å². The normalized spacial score (nSPS) is 8.80. The average Bonchev–Trinajstić information content (AvgIpc) is 2.05. The molecule has 1 heterocycles. The van der Waals surface area contributed by atoms with Crippen molar-refractivity contribution in [1.29, 1.82) is 5.26 Å². The zero-order valence-corrected chi connectivity index (χ0v) is 6.05. The topological polar surface area (TPSA) is 49.6 Å². The van der Waals surface area contributed by atoms with Crippen LogP contribution in [-0.2, 0) is 5.75 Å².